The number of methoxy groups -OCH3 is 1. The molecule has 7 heteroatoms. The number of fused-ring (bicyclic) bond motifs is 3. The maximum atomic E-state index is 13.2. The number of pyridine rings is 1. The smallest absolute Gasteiger partial charge is 0.328 e. The Morgan fingerprint density at radius 3 is 2.55 bits per heavy atom. The number of aliphatic hydroxyl groups is 1. The third-order valence-electron chi connectivity index (χ3n) is 6.39. The first-order valence-corrected chi connectivity index (χ1v) is 10.5. The van der Waals surface area contributed by atoms with Gasteiger partial charge < -0.3 is 19.3 Å². The summed E-state index contributed by atoms with van der Waals surface area (Å²) in [6.45, 7) is 1.81. The number of ether oxygens (including phenoxy) is 1. The number of carbonyl (C=O) groups excluding carboxylic acids is 2. The zero-order valence-corrected chi connectivity index (χ0v) is 17.6. The number of benzene rings is 1. The number of aromatic nitrogens is 1. The van der Waals surface area contributed by atoms with Crippen molar-refractivity contribution in [2.45, 2.75) is 32.0 Å². The van der Waals surface area contributed by atoms with E-state index < -0.39 is 24.0 Å². The summed E-state index contributed by atoms with van der Waals surface area (Å²) in [5.74, 6) is -1.46. The fourth-order valence-corrected chi connectivity index (χ4v) is 4.93. The van der Waals surface area contributed by atoms with Crippen LogP contribution in [0.1, 0.15) is 36.2 Å². The third-order valence-corrected chi connectivity index (χ3v) is 6.39. The third kappa shape index (κ3) is 3.49. The van der Waals surface area contributed by atoms with E-state index in [1.165, 1.54) is 12.0 Å². The number of rotatable bonds is 5. The number of hydrogen-bond donors (Lipinski definition) is 1. The molecular weight excluding hydrogens is 396 g/mol. The van der Waals surface area contributed by atoms with Gasteiger partial charge in [-0.2, -0.15) is 0 Å². The van der Waals surface area contributed by atoms with Crippen molar-refractivity contribution in [3.05, 3.63) is 69.6 Å². The van der Waals surface area contributed by atoms with E-state index in [1.54, 1.807) is 23.6 Å². The van der Waals surface area contributed by atoms with Gasteiger partial charge in [0.1, 0.15) is 6.04 Å². The Labute approximate surface area is 180 Å². The molecular formula is C24H26N2O5. The summed E-state index contributed by atoms with van der Waals surface area (Å²) in [6.07, 6.45) is 3.89. The van der Waals surface area contributed by atoms with Gasteiger partial charge in [0.25, 0.3) is 5.56 Å². The molecule has 2 aliphatic rings. The van der Waals surface area contributed by atoms with Crippen molar-refractivity contribution in [3.63, 3.8) is 0 Å². The maximum Gasteiger partial charge on any atom is 0.328 e. The highest BCUT2D eigenvalue weighted by molar-refractivity contribution is 5.86. The summed E-state index contributed by atoms with van der Waals surface area (Å²) in [7, 11) is 1.28. The Kier molecular flexibility index (Phi) is 5.78. The molecule has 1 saturated heterocycles. The predicted octanol–water partition coefficient (Wildman–Crippen LogP) is 2.09. The van der Waals surface area contributed by atoms with E-state index in [0.29, 0.717) is 17.8 Å². The fourth-order valence-electron chi connectivity index (χ4n) is 4.93. The highest BCUT2D eigenvalue weighted by Gasteiger charge is 2.57. The van der Waals surface area contributed by atoms with Gasteiger partial charge in [-0.3, -0.25) is 9.59 Å². The van der Waals surface area contributed by atoms with E-state index >= 15 is 0 Å². The normalized spacial score (nSPS) is 24.3. The molecule has 0 spiro atoms. The topological polar surface area (TPSA) is 88.8 Å². The van der Waals surface area contributed by atoms with Gasteiger partial charge in [0.05, 0.1) is 13.2 Å². The number of likely N-dealkylation sites (tertiary alicyclic amines) is 1. The number of nitrogens with zero attached hydrogens (tertiary/aromatic N) is 2. The summed E-state index contributed by atoms with van der Waals surface area (Å²) in [5.41, 5.74) is 2.09. The second-order valence-electron chi connectivity index (χ2n) is 7.95. The van der Waals surface area contributed by atoms with Crippen LogP contribution in [0.15, 0.2) is 47.3 Å². The zero-order chi connectivity index (χ0) is 22.1. The fraction of sp³-hybridized carbons (Fsp3) is 0.375. The minimum Gasteiger partial charge on any atom is -0.467 e. The summed E-state index contributed by atoms with van der Waals surface area (Å²) in [4.78, 5) is 40.0. The van der Waals surface area contributed by atoms with E-state index in [0.717, 1.165) is 5.56 Å². The van der Waals surface area contributed by atoms with Crippen LogP contribution in [0.5, 0.6) is 0 Å². The Morgan fingerprint density at radius 1 is 1.16 bits per heavy atom. The monoisotopic (exact) mass is 422 g/mol. The van der Waals surface area contributed by atoms with Crippen LogP contribution < -0.4 is 5.56 Å². The number of esters is 1. The molecule has 0 saturated carbocycles. The molecule has 0 unspecified atom stereocenters. The van der Waals surface area contributed by atoms with Crippen molar-refractivity contribution in [1.29, 1.82) is 0 Å². The van der Waals surface area contributed by atoms with E-state index in [9.17, 15) is 19.5 Å². The molecule has 1 fully saturated rings. The molecule has 4 atom stereocenters. The van der Waals surface area contributed by atoms with Crippen molar-refractivity contribution in [2.75, 3.05) is 13.7 Å². The molecule has 2 aromatic rings. The Balaban J connectivity index is 1.74. The van der Waals surface area contributed by atoms with Crippen molar-refractivity contribution in [2.24, 2.45) is 11.8 Å². The Bertz CT molecular complexity index is 1080. The number of hydrogen-bond acceptors (Lipinski definition) is 5. The lowest BCUT2D eigenvalue weighted by Crippen LogP contribution is -2.46. The Hall–Kier alpha value is -3.19. The van der Waals surface area contributed by atoms with Crippen LogP contribution in [-0.2, 0) is 20.9 Å². The number of aliphatic hydroxyl groups excluding tert-OH is 1. The summed E-state index contributed by atoms with van der Waals surface area (Å²) >= 11 is 0. The summed E-state index contributed by atoms with van der Waals surface area (Å²) in [6, 6.07) is 12.0. The number of carbonyl (C=O) groups is 2. The Morgan fingerprint density at radius 2 is 1.90 bits per heavy atom. The van der Waals surface area contributed by atoms with Gasteiger partial charge in [0.15, 0.2) is 0 Å². The SMILES string of the molecule is CCC(=O)N1[C@@H]2c3ccc(/C=C/c4ccccc4)c(=O)n3C[C@@H]2[C@@H](CO)[C@@H]1C(=O)OC. The lowest BCUT2D eigenvalue weighted by Gasteiger charge is -2.29. The van der Waals surface area contributed by atoms with Crippen LogP contribution in [0, 0.1) is 11.8 Å². The molecule has 162 valence electrons. The standard InChI is InChI=1S/C24H26N2O5/c1-3-20(28)26-21-17(18(14-27)22(26)24(30)31-2)13-25-19(21)12-11-16(23(25)29)10-9-15-7-5-4-6-8-15/h4-12,17-18,21-22,27H,3,13-14H2,1-2H3/b10-9+/t17-,18-,21+,22-/m1/s1. The van der Waals surface area contributed by atoms with Crippen molar-refractivity contribution >= 4 is 24.0 Å². The molecule has 1 amide bonds. The molecule has 0 bridgehead atoms. The van der Waals surface area contributed by atoms with Gasteiger partial charge in [-0.15, -0.1) is 0 Å². The van der Waals surface area contributed by atoms with E-state index in [-0.39, 0.29) is 30.4 Å². The van der Waals surface area contributed by atoms with E-state index in [4.69, 9.17) is 4.74 Å². The van der Waals surface area contributed by atoms with Crippen LogP contribution in [-0.4, -0.2) is 46.2 Å². The van der Waals surface area contributed by atoms with Gasteiger partial charge in [0, 0.05) is 42.7 Å². The molecule has 2 aliphatic heterocycles. The van der Waals surface area contributed by atoms with Gasteiger partial charge in [0.2, 0.25) is 5.91 Å². The minimum absolute atomic E-state index is 0.144. The van der Waals surface area contributed by atoms with Gasteiger partial charge in [-0.1, -0.05) is 43.3 Å². The molecule has 1 aromatic heterocycles. The molecule has 4 rings (SSSR count). The average molecular weight is 422 g/mol. The van der Waals surface area contributed by atoms with E-state index in [1.807, 2.05) is 42.5 Å². The maximum absolute atomic E-state index is 13.2. The lowest BCUT2D eigenvalue weighted by molar-refractivity contribution is -0.154. The average Bonchev–Trinajstić information content (AvgIpc) is 3.33. The van der Waals surface area contributed by atoms with Crippen molar-refractivity contribution in [1.82, 2.24) is 9.47 Å². The molecule has 1 aromatic carbocycles. The zero-order valence-electron chi connectivity index (χ0n) is 17.6. The second kappa shape index (κ2) is 8.51. The molecule has 0 radical (unpaired) electrons. The summed E-state index contributed by atoms with van der Waals surface area (Å²) < 4.78 is 6.61. The molecule has 31 heavy (non-hydrogen) atoms. The predicted molar refractivity (Wildman–Crippen MR) is 116 cm³/mol. The molecule has 3 heterocycles. The van der Waals surface area contributed by atoms with Crippen LogP contribution in [0.2, 0.25) is 0 Å². The first-order chi connectivity index (χ1) is 15.0. The van der Waals surface area contributed by atoms with Gasteiger partial charge >= 0.3 is 5.97 Å². The van der Waals surface area contributed by atoms with Crippen molar-refractivity contribution < 1.29 is 19.4 Å². The second-order valence-corrected chi connectivity index (χ2v) is 7.95. The van der Waals surface area contributed by atoms with Crippen LogP contribution in [0.4, 0.5) is 0 Å². The van der Waals surface area contributed by atoms with Crippen LogP contribution >= 0.6 is 0 Å². The first kappa shape index (κ1) is 21.1. The highest BCUT2D eigenvalue weighted by atomic mass is 16.5. The molecule has 7 nitrogen and oxygen atoms in total. The van der Waals surface area contributed by atoms with Crippen LogP contribution in [0.25, 0.3) is 12.2 Å². The first-order valence-electron chi connectivity index (χ1n) is 10.5. The quantitative estimate of drug-likeness (QED) is 0.746. The lowest BCUT2D eigenvalue weighted by atomic mass is 9.88. The highest BCUT2D eigenvalue weighted by Crippen LogP contribution is 2.49. The largest absolute Gasteiger partial charge is 0.467 e. The van der Waals surface area contributed by atoms with E-state index in [2.05, 4.69) is 0 Å². The summed E-state index contributed by atoms with van der Waals surface area (Å²) in [5, 5.41) is 10.1. The minimum atomic E-state index is -0.848. The van der Waals surface area contributed by atoms with Gasteiger partial charge in [-0.25, -0.2) is 4.79 Å². The molecule has 1 N–H and O–H groups in total. The number of amides is 1. The van der Waals surface area contributed by atoms with Crippen LogP contribution in [0.3, 0.4) is 0 Å². The van der Waals surface area contributed by atoms with Crippen molar-refractivity contribution in [3.8, 4) is 0 Å². The molecule has 0 aliphatic carbocycles. The van der Waals surface area contributed by atoms with Gasteiger partial charge in [-0.05, 0) is 23.8 Å².